The van der Waals surface area contributed by atoms with Gasteiger partial charge in [-0.05, 0) is 18.9 Å². The molecule has 1 aromatic rings. The first kappa shape index (κ1) is 15.7. The highest BCUT2D eigenvalue weighted by atomic mass is 35.5. The molecule has 2 nitrogen and oxygen atoms in total. The number of hydrogen-bond donors (Lipinski definition) is 1. The summed E-state index contributed by atoms with van der Waals surface area (Å²) >= 11 is 5.98. The minimum Gasteiger partial charge on any atom is -0.310 e. The van der Waals surface area contributed by atoms with Crippen molar-refractivity contribution < 1.29 is 0 Å². The normalized spacial score (nSPS) is 11.9. The van der Waals surface area contributed by atoms with Crippen LogP contribution in [0.4, 0.5) is 0 Å². The standard InChI is InChI=1S/C12H19ClN2.ClH/c1-3-6-11(4-2)15-9-10-7-5-8-14-12(10)13;/h5,7-8,11,15H,3-4,6,9H2,1-2H3;1H. The lowest BCUT2D eigenvalue weighted by Crippen LogP contribution is -2.27. The molecule has 16 heavy (non-hydrogen) atoms. The summed E-state index contributed by atoms with van der Waals surface area (Å²) in [6.07, 6.45) is 5.31. The van der Waals surface area contributed by atoms with Gasteiger partial charge in [0.1, 0.15) is 5.15 Å². The Morgan fingerprint density at radius 2 is 2.19 bits per heavy atom. The first-order valence-electron chi connectivity index (χ1n) is 5.60. The molecule has 1 aromatic heterocycles. The van der Waals surface area contributed by atoms with E-state index in [-0.39, 0.29) is 12.4 Å². The molecule has 0 aromatic carbocycles. The number of nitrogens with one attached hydrogen (secondary N) is 1. The fourth-order valence-corrected chi connectivity index (χ4v) is 1.79. The van der Waals surface area contributed by atoms with Crippen molar-refractivity contribution in [3.8, 4) is 0 Å². The Hall–Kier alpha value is -0.310. The Morgan fingerprint density at radius 1 is 1.44 bits per heavy atom. The van der Waals surface area contributed by atoms with E-state index >= 15 is 0 Å². The molecule has 1 heterocycles. The maximum atomic E-state index is 5.98. The molecule has 0 fully saturated rings. The molecule has 0 radical (unpaired) electrons. The zero-order valence-electron chi connectivity index (χ0n) is 9.87. The number of aromatic nitrogens is 1. The van der Waals surface area contributed by atoms with Gasteiger partial charge in [0.2, 0.25) is 0 Å². The van der Waals surface area contributed by atoms with E-state index in [1.54, 1.807) is 6.20 Å². The van der Waals surface area contributed by atoms with Crippen molar-refractivity contribution in [3.63, 3.8) is 0 Å². The maximum absolute atomic E-state index is 5.98. The van der Waals surface area contributed by atoms with Gasteiger partial charge in [-0.25, -0.2) is 4.98 Å². The summed E-state index contributed by atoms with van der Waals surface area (Å²) in [6.45, 7) is 5.23. The molecule has 92 valence electrons. The van der Waals surface area contributed by atoms with Crippen LogP contribution in [0.2, 0.25) is 5.15 Å². The van der Waals surface area contributed by atoms with Crippen LogP contribution < -0.4 is 5.32 Å². The van der Waals surface area contributed by atoms with Crippen LogP contribution in [0.3, 0.4) is 0 Å². The van der Waals surface area contributed by atoms with Gasteiger partial charge in [-0.3, -0.25) is 0 Å². The van der Waals surface area contributed by atoms with Gasteiger partial charge in [-0.1, -0.05) is 37.9 Å². The van der Waals surface area contributed by atoms with E-state index in [9.17, 15) is 0 Å². The van der Waals surface area contributed by atoms with Gasteiger partial charge in [0, 0.05) is 24.3 Å². The number of halogens is 2. The quantitative estimate of drug-likeness (QED) is 0.789. The third-order valence-electron chi connectivity index (χ3n) is 2.55. The molecule has 1 atom stereocenters. The lowest BCUT2D eigenvalue weighted by atomic mass is 10.1. The van der Waals surface area contributed by atoms with Gasteiger partial charge in [0.15, 0.2) is 0 Å². The van der Waals surface area contributed by atoms with Crippen LogP contribution >= 0.6 is 24.0 Å². The molecule has 0 aliphatic rings. The summed E-state index contributed by atoms with van der Waals surface area (Å²) < 4.78 is 0. The third-order valence-corrected chi connectivity index (χ3v) is 2.89. The molecule has 0 amide bonds. The molecule has 0 saturated heterocycles. The second-order valence-corrected chi connectivity index (χ2v) is 4.09. The fraction of sp³-hybridized carbons (Fsp3) is 0.583. The average molecular weight is 263 g/mol. The van der Waals surface area contributed by atoms with E-state index in [0.717, 1.165) is 18.5 Å². The van der Waals surface area contributed by atoms with Gasteiger partial charge in [-0.15, -0.1) is 12.4 Å². The SMILES string of the molecule is CCCC(CC)NCc1cccnc1Cl.Cl. The summed E-state index contributed by atoms with van der Waals surface area (Å²) in [5.74, 6) is 0. The van der Waals surface area contributed by atoms with Crippen molar-refractivity contribution in [1.82, 2.24) is 10.3 Å². The highest BCUT2D eigenvalue weighted by Crippen LogP contribution is 2.12. The monoisotopic (exact) mass is 262 g/mol. The fourth-order valence-electron chi connectivity index (χ4n) is 1.60. The van der Waals surface area contributed by atoms with E-state index < -0.39 is 0 Å². The first-order chi connectivity index (χ1) is 7.27. The predicted molar refractivity (Wildman–Crippen MR) is 72.3 cm³/mol. The molecule has 0 aliphatic carbocycles. The largest absolute Gasteiger partial charge is 0.310 e. The summed E-state index contributed by atoms with van der Waals surface area (Å²) in [4.78, 5) is 4.05. The van der Waals surface area contributed by atoms with Gasteiger partial charge < -0.3 is 5.32 Å². The second-order valence-electron chi connectivity index (χ2n) is 3.73. The smallest absolute Gasteiger partial charge is 0.133 e. The average Bonchev–Trinajstić information content (AvgIpc) is 2.26. The molecule has 1 unspecified atom stereocenters. The molecule has 0 aliphatic heterocycles. The second kappa shape index (κ2) is 8.80. The van der Waals surface area contributed by atoms with Crippen LogP contribution in [0.5, 0.6) is 0 Å². The third kappa shape index (κ3) is 5.15. The van der Waals surface area contributed by atoms with Crippen LogP contribution in [0, 0.1) is 0 Å². The summed E-state index contributed by atoms with van der Waals surface area (Å²) in [7, 11) is 0. The van der Waals surface area contributed by atoms with Crippen molar-refractivity contribution in [3.05, 3.63) is 29.0 Å². The Morgan fingerprint density at radius 3 is 2.75 bits per heavy atom. The molecule has 0 spiro atoms. The zero-order chi connectivity index (χ0) is 11.1. The lowest BCUT2D eigenvalue weighted by Gasteiger charge is -2.16. The molecular formula is C12H20Cl2N2. The van der Waals surface area contributed by atoms with E-state index in [1.807, 2.05) is 12.1 Å². The zero-order valence-corrected chi connectivity index (χ0v) is 11.4. The number of hydrogen-bond acceptors (Lipinski definition) is 2. The van der Waals surface area contributed by atoms with Gasteiger partial charge >= 0.3 is 0 Å². The molecule has 1 rings (SSSR count). The van der Waals surface area contributed by atoms with Gasteiger partial charge in [0.25, 0.3) is 0 Å². The lowest BCUT2D eigenvalue weighted by molar-refractivity contribution is 0.462. The molecule has 0 saturated carbocycles. The van der Waals surface area contributed by atoms with Crippen LogP contribution in [-0.2, 0) is 6.54 Å². The molecule has 1 N–H and O–H groups in total. The number of nitrogens with zero attached hydrogens (tertiary/aromatic N) is 1. The highest BCUT2D eigenvalue weighted by molar-refractivity contribution is 6.30. The summed E-state index contributed by atoms with van der Waals surface area (Å²) in [6, 6.07) is 4.52. The minimum absolute atomic E-state index is 0. The molecule has 0 bridgehead atoms. The highest BCUT2D eigenvalue weighted by Gasteiger charge is 2.05. The number of rotatable bonds is 6. The van der Waals surface area contributed by atoms with E-state index in [1.165, 1.54) is 12.8 Å². The van der Waals surface area contributed by atoms with E-state index in [0.29, 0.717) is 11.2 Å². The predicted octanol–water partition coefficient (Wildman–Crippen LogP) is 3.83. The maximum Gasteiger partial charge on any atom is 0.133 e. The molecular weight excluding hydrogens is 243 g/mol. The topological polar surface area (TPSA) is 24.9 Å². The van der Waals surface area contributed by atoms with Crippen molar-refractivity contribution in [2.24, 2.45) is 0 Å². The summed E-state index contributed by atoms with van der Waals surface area (Å²) in [5, 5.41) is 4.11. The van der Waals surface area contributed by atoms with Crippen LogP contribution in [0.25, 0.3) is 0 Å². The Kier molecular flexibility index (Phi) is 8.63. The van der Waals surface area contributed by atoms with Crippen molar-refractivity contribution >= 4 is 24.0 Å². The van der Waals surface area contributed by atoms with Crippen LogP contribution in [0.1, 0.15) is 38.7 Å². The first-order valence-corrected chi connectivity index (χ1v) is 5.98. The summed E-state index contributed by atoms with van der Waals surface area (Å²) in [5.41, 5.74) is 1.08. The Labute approximate surface area is 109 Å². The van der Waals surface area contributed by atoms with Crippen LogP contribution in [0.15, 0.2) is 18.3 Å². The van der Waals surface area contributed by atoms with Gasteiger partial charge in [-0.2, -0.15) is 0 Å². The van der Waals surface area contributed by atoms with Gasteiger partial charge in [0.05, 0.1) is 0 Å². The van der Waals surface area contributed by atoms with Crippen LogP contribution in [-0.4, -0.2) is 11.0 Å². The van der Waals surface area contributed by atoms with E-state index in [4.69, 9.17) is 11.6 Å². The Balaban J connectivity index is 0.00000225. The Bertz CT molecular complexity index is 292. The minimum atomic E-state index is 0. The van der Waals surface area contributed by atoms with Crippen molar-refractivity contribution in [1.29, 1.82) is 0 Å². The van der Waals surface area contributed by atoms with E-state index in [2.05, 4.69) is 24.1 Å². The molecule has 4 heteroatoms. The van der Waals surface area contributed by atoms with Crippen molar-refractivity contribution in [2.45, 2.75) is 45.7 Å². The van der Waals surface area contributed by atoms with Crippen molar-refractivity contribution in [2.75, 3.05) is 0 Å². The number of pyridine rings is 1.